The molecular formula is C21H25NO3. The highest BCUT2D eigenvalue weighted by Crippen LogP contribution is 2.18. The number of carbonyl (C=O) groups excluding carboxylic acids is 1. The molecule has 132 valence electrons. The average molecular weight is 339 g/mol. The van der Waals surface area contributed by atoms with Crippen LogP contribution < -0.4 is 9.47 Å². The van der Waals surface area contributed by atoms with E-state index in [0.29, 0.717) is 17.7 Å². The fraction of sp³-hybridized carbons (Fsp3) is 0.381. The largest absolute Gasteiger partial charge is 0.497 e. The van der Waals surface area contributed by atoms with Crippen molar-refractivity contribution in [1.82, 2.24) is 4.90 Å². The van der Waals surface area contributed by atoms with E-state index in [2.05, 4.69) is 4.90 Å². The summed E-state index contributed by atoms with van der Waals surface area (Å²) in [5, 5.41) is 0. The molecule has 0 radical (unpaired) electrons. The SMILES string of the molecule is COc1ccc(C(=O)c2ccc(OCCN3CCCCC3)cc2)cc1. The fourth-order valence-electron chi connectivity index (χ4n) is 3.09. The molecule has 25 heavy (non-hydrogen) atoms. The van der Waals surface area contributed by atoms with Crippen LogP contribution in [0.5, 0.6) is 11.5 Å². The monoisotopic (exact) mass is 339 g/mol. The van der Waals surface area contributed by atoms with E-state index < -0.39 is 0 Å². The molecule has 2 aromatic carbocycles. The smallest absolute Gasteiger partial charge is 0.193 e. The highest BCUT2D eigenvalue weighted by molar-refractivity contribution is 6.09. The van der Waals surface area contributed by atoms with Gasteiger partial charge in [-0.25, -0.2) is 0 Å². The number of carbonyl (C=O) groups is 1. The summed E-state index contributed by atoms with van der Waals surface area (Å²) in [6, 6.07) is 14.5. The molecule has 1 aliphatic rings. The number of rotatable bonds is 7. The number of methoxy groups -OCH3 is 1. The Bertz CT molecular complexity index is 673. The first-order valence-corrected chi connectivity index (χ1v) is 8.90. The molecule has 0 spiro atoms. The minimum Gasteiger partial charge on any atom is -0.497 e. The third kappa shape index (κ3) is 4.83. The van der Waals surface area contributed by atoms with Gasteiger partial charge in [-0.1, -0.05) is 6.42 Å². The number of ketones is 1. The highest BCUT2D eigenvalue weighted by Gasteiger charge is 2.11. The van der Waals surface area contributed by atoms with Gasteiger partial charge in [-0.05, 0) is 74.5 Å². The van der Waals surface area contributed by atoms with Crippen LogP contribution in [-0.4, -0.2) is 44.0 Å². The molecule has 0 bridgehead atoms. The van der Waals surface area contributed by atoms with Gasteiger partial charge in [0.05, 0.1) is 7.11 Å². The van der Waals surface area contributed by atoms with Gasteiger partial charge < -0.3 is 9.47 Å². The Morgan fingerprint density at radius 3 is 2.00 bits per heavy atom. The number of hydrogen-bond donors (Lipinski definition) is 0. The number of piperidine rings is 1. The molecule has 4 nitrogen and oxygen atoms in total. The van der Waals surface area contributed by atoms with Crippen LogP contribution in [0, 0.1) is 0 Å². The predicted octanol–water partition coefficient (Wildman–Crippen LogP) is 3.79. The Morgan fingerprint density at radius 2 is 1.44 bits per heavy atom. The molecule has 0 aliphatic carbocycles. The van der Waals surface area contributed by atoms with Crippen LogP contribution >= 0.6 is 0 Å². The molecule has 1 fully saturated rings. The normalized spacial score (nSPS) is 14.9. The van der Waals surface area contributed by atoms with E-state index in [4.69, 9.17) is 9.47 Å². The molecule has 1 aliphatic heterocycles. The number of benzene rings is 2. The van der Waals surface area contributed by atoms with Gasteiger partial charge in [-0.15, -0.1) is 0 Å². The third-order valence-corrected chi connectivity index (χ3v) is 4.59. The van der Waals surface area contributed by atoms with E-state index >= 15 is 0 Å². The van der Waals surface area contributed by atoms with Crippen LogP contribution in [-0.2, 0) is 0 Å². The fourth-order valence-corrected chi connectivity index (χ4v) is 3.09. The van der Waals surface area contributed by atoms with Crippen molar-refractivity contribution in [3.8, 4) is 11.5 Å². The van der Waals surface area contributed by atoms with Gasteiger partial charge in [0.2, 0.25) is 0 Å². The summed E-state index contributed by atoms with van der Waals surface area (Å²) in [7, 11) is 1.61. The Hall–Kier alpha value is -2.33. The van der Waals surface area contributed by atoms with Gasteiger partial charge in [0.15, 0.2) is 5.78 Å². The summed E-state index contributed by atoms with van der Waals surface area (Å²) >= 11 is 0. The van der Waals surface area contributed by atoms with Crippen LogP contribution in [0.3, 0.4) is 0 Å². The molecule has 0 unspecified atom stereocenters. The second-order valence-electron chi connectivity index (χ2n) is 6.33. The van der Waals surface area contributed by atoms with Crippen molar-refractivity contribution in [1.29, 1.82) is 0 Å². The van der Waals surface area contributed by atoms with E-state index in [1.807, 2.05) is 24.3 Å². The van der Waals surface area contributed by atoms with Gasteiger partial charge in [0.25, 0.3) is 0 Å². The summed E-state index contributed by atoms with van der Waals surface area (Å²) < 4.78 is 10.9. The minimum absolute atomic E-state index is 0.00233. The molecule has 1 heterocycles. The summed E-state index contributed by atoms with van der Waals surface area (Å²) in [5.41, 5.74) is 1.31. The second kappa shape index (κ2) is 8.67. The van der Waals surface area contributed by atoms with Gasteiger partial charge in [-0.2, -0.15) is 0 Å². The van der Waals surface area contributed by atoms with E-state index in [9.17, 15) is 4.79 Å². The number of ether oxygens (including phenoxy) is 2. The summed E-state index contributed by atoms with van der Waals surface area (Å²) in [6.07, 6.45) is 3.94. The second-order valence-corrected chi connectivity index (χ2v) is 6.33. The van der Waals surface area contributed by atoms with E-state index in [-0.39, 0.29) is 5.78 Å². The molecule has 0 amide bonds. The number of nitrogens with zero attached hydrogens (tertiary/aromatic N) is 1. The Balaban J connectivity index is 1.52. The molecule has 0 saturated carbocycles. The van der Waals surface area contributed by atoms with E-state index in [0.717, 1.165) is 18.0 Å². The van der Waals surface area contributed by atoms with Gasteiger partial charge in [-0.3, -0.25) is 9.69 Å². The standard InChI is InChI=1S/C21H25NO3/c1-24-19-9-5-17(6-10-19)21(23)18-7-11-20(12-8-18)25-16-15-22-13-3-2-4-14-22/h5-12H,2-4,13-16H2,1H3. The van der Waals surface area contributed by atoms with E-state index in [1.165, 1.54) is 32.4 Å². The number of hydrogen-bond acceptors (Lipinski definition) is 4. The first kappa shape index (κ1) is 17.5. The van der Waals surface area contributed by atoms with Gasteiger partial charge in [0, 0.05) is 17.7 Å². The first-order valence-electron chi connectivity index (χ1n) is 8.90. The molecule has 0 N–H and O–H groups in total. The maximum atomic E-state index is 12.5. The number of likely N-dealkylation sites (tertiary alicyclic amines) is 1. The van der Waals surface area contributed by atoms with Gasteiger partial charge in [0.1, 0.15) is 18.1 Å². The lowest BCUT2D eigenvalue weighted by atomic mass is 10.0. The lowest BCUT2D eigenvalue weighted by Gasteiger charge is -2.26. The van der Waals surface area contributed by atoms with Crippen molar-refractivity contribution in [2.75, 3.05) is 33.4 Å². The van der Waals surface area contributed by atoms with Crippen LogP contribution in [0.25, 0.3) is 0 Å². The maximum Gasteiger partial charge on any atom is 0.193 e. The summed E-state index contributed by atoms with van der Waals surface area (Å²) in [5.74, 6) is 1.56. The van der Waals surface area contributed by atoms with Crippen LogP contribution in [0.1, 0.15) is 35.2 Å². The quantitative estimate of drug-likeness (QED) is 0.720. The van der Waals surface area contributed by atoms with Crippen LogP contribution in [0.15, 0.2) is 48.5 Å². The zero-order valence-electron chi connectivity index (χ0n) is 14.7. The Kier molecular flexibility index (Phi) is 6.07. The predicted molar refractivity (Wildman–Crippen MR) is 98.7 cm³/mol. The molecular weight excluding hydrogens is 314 g/mol. The van der Waals surface area contributed by atoms with Crippen LogP contribution in [0.2, 0.25) is 0 Å². The zero-order chi connectivity index (χ0) is 17.5. The lowest BCUT2D eigenvalue weighted by Crippen LogP contribution is -2.33. The molecule has 3 rings (SSSR count). The van der Waals surface area contributed by atoms with Crippen molar-refractivity contribution in [3.05, 3.63) is 59.7 Å². The van der Waals surface area contributed by atoms with Crippen molar-refractivity contribution in [2.24, 2.45) is 0 Å². The maximum absolute atomic E-state index is 12.5. The Morgan fingerprint density at radius 1 is 0.880 bits per heavy atom. The molecule has 0 atom stereocenters. The topological polar surface area (TPSA) is 38.8 Å². The van der Waals surface area contributed by atoms with Crippen molar-refractivity contribution in [2.45, 2.75) is 19.3 Å². The molecule has 2 aromatic rings. The lowest BCUT2D eigenvalue weighted by molar-refractivity contribution is 0.103. The van der Waals surface area contributed by atoms with Crippen molar-refractivity contribution >= 4 is 5.78 Å². The highest BCUT2D eigenvalue weighted by atomic mass is 16.5. The Labute approximate surface area is 149 Å². The van der Waals surface area contributed by atoms with E-state index in [1.54, 1.807) is 31.4 Å². The third-order valence-electron chi connectivity index (χ3n) is 4.59. The van der Waals surface area contributed by atoms with Gasteiger partial charge >= 0.3 is 0 Å². The molecule has 0 aromatic heterocycles. The zero-order valence-corrected chi connectivity index (χ0v) is 14.7. The summed E-state index contributed by atoms with van der Waals surface area (Å²) in [4.78, 5) is 14.9. The average Bonchev–Trinajstić information content (AvgIpc) is 2.69. The first-order chi connectivity index (χ1) is 12.3. The molecule has 4 heteroatoms. The molecule has 1 saturated heterocycles. The van der Waals surface area contributed by atoms with Crippen molar-refractivity contribution in [3.63, 3.8) is 0 Å². The summed E-state index contributed by atoms with van der Waals surface area (Å²) in [6.45, 7) is 4.01. The van der Waals surface area contributed by atoms with Crippen molar-refractivity contribution < 1.29 is 14.3 Å². The minimum atomic E-state index is 0.00233. The van der Waals surface area contributed by atoms with Crippen LogP contribution in [0.4, 0.5) is 0 Å².